The predicted molar refractivity (Wildman–Crippen MR) is 107 cm³/mol. The summed E-state index contributed by atoms with van der Waals surface area (Å²) in [6.45, 7) is 10.8. The molecular weight excluding hydrogens is 361 g/mol. The van der Waals surface area contributed by atoms with Crippen LogP contribution in [-0.2, 0) is 4.74 Å². The van der Waals surface area contributed by atoms with E-state index in [1.54, 1.807) is 18.3 Å². The van der Waals surface area contributed by atoms with Crippen molar-refractivity contribution < 1.29 is 13.9 Å². The molecule has 1 fully saturated rings. The second-order valence-corrected chi connectivity index (χ2v) is 6.56. The van der Waals surface area contributed by atoms with Crippen LogP contribution in [-0.4, -0.2) is 61.4 Å². The number of urea groups is 1. The number of anilines is 1. The number of hydrazone groups is 1. The number of nitrogens with one attached hydrogen (secondary N) is 2. The Hall–Kier alpha value is -2.87. The van der Waals surface area contributed by atoms with Gasteiger partial charge in [0, 0.05) is 37.7 Å². The average molecular weight is 387 g/mol. The number of hydrogen-bond acceptors (Lipinski definition) is 5. The number of amides is 2. The number of benzene rings is 1. The fourth-order valence-electron chi connectivity index (χ4n) is 3.44. The Kier molecular flexibility index (Phi) is 6.65. The molecule has 150 valence electrons. The van der Waals surface area contributed by atoms with Crippen molar-refractivity contribution in [2.45, 2.75) is 6.92 Å². The first-order valence-electron chi connectivity index (χ1n) is 9.43. The van der Waals surface area contributed by atoms with E-state index in [-0.39, 0.29) is 11.6 Å². The fraction of sp³-hybridized carbons (Fsp3) is 0.400. The van der Waals surface area contributed by atoms with Gasteiger partial charge in [0.05, 0.1) is 25.1 Å². The number of carbonyl (C=O) groups is 1. The molecule has 0 bridgehead atoms. The molecule has 2 aliphatic heterocycles. The van der Waals surface area contributed by atoms with Gasteiger partial charge in [-0.2, -0.15) is 5.10 Å². The maximum atomic E-state index is 13.6. The lowest BCUT2D eigenvalue weighted by atomic mass is 10.0. The van der Waals surface area contributed by atoms with Crippen LogP contribution < -0.4 is 10.7 Å². The monoisotopic (exact) mass is 387 g/mol. The molecule has 0 spiro atoms. The van der Waals surface area contributed by atoms with Crippen LogP contribution in [0, 0.1) is 11.7 Å². The van der Waals surface area contributed by atoms with Crippen molar-refractivity contribution in [1.82, 2.24) is 15.2 Å². The summed E-state index contributed by atoms with van der Waals surface area (Å²) >= 11 is 0. The molecule has 28 heavy (non-hydrogen) atoms. The van der Waals surface area contributed by atoms with Crippen molar-refractivity contribution in [2.75, 3.05) is 44.7 Å². The highest BCUT2D eigenvalue weighted by Crippen LogP contribution is 2.30. The van der Waals surface area contributed by atoms with Gasteiger partial charge in [0.1, 0.15) is 11.6 Å². The van der Waals surface area contributed by atoms with Crippen molar-refractivity contribution in [3.8, 4) is 0 Å². The van der Waals surface area contributed by atoms with E-state index in [9.17, 15) is 9.18 Å². The van der Waals surface area contributed by atoms with Gasteiger partial charge in [0.15, 0.2) is 0 Å². The van der Waals surface area contributed by atoms with Gasteiger partial charge in [-0.05, 0) is 19.1 Å². The Bertz CT molecular complexity index is 774. The Balaban J connectivity index is 1.73. The molecule has 0 aliphatic carbocycles. The Morgan fingerprint density at radius 1 is 1.39 bits per heavy atom. The SMILES string of the molecule is C=CC1CN(CC)C(N2CCOCC2)=C1/C=N/NC(=O)Nc1ccccc1F. The zero-order chi connectivity index (χ0) is 19.9. The minimum Gasteiger partial charge on any atom is -0.378 e. The number of halogens is 1. The molecule has 2 N–H and O–H groups in total. The number of para-hydroxylation sites is 1. The van der Waals surface area contributed by atoms with Gasteiger partial charge in [0.2, 0.25) is 0 Å². The van der Waals surface area contributed by atoms with Crippen LogP contribution >= 0.6 is 0 Å². The maximum Gasteiger partial charge on any atom is 0.339 e. The van der Waals surface area contributed by atoms with E-state index in [0.29, 0.717) is 13.2 Å². The molecule has 2 heterocycles. The van der Waals surface area contributed by atoms with Crippen molar-refractivity contribution in [2.24, 2.45) is 11.0 Å². The largest absolute Gasteiger partial charge is 0.378 e. The van der Waals surface area contributed by atoms with E-state index in [0.717, 1.165) is 37.6 Å². The van der Waals surface area contributed by atoms with E-state index in [4.69, 9.17) is 4.74 Å². The lowest BCUT2D eigenvalue weighted by molar-refractivity contribution is 0.0402. The molecule has 2 amide bonds. The number of hydrogen-bond donors (Lipinski definition) is 2. The number of rotatable bonds is 6. The molecule has 2 aliphatic rings. The van der Waals surface area contributed by atoms with E-state index in [1.165, 1.54) is 12.1 Å². The molecule has 1 saturated heterocycles. The molecule has 1 unspecified atom stereocenters. The fourth-order valence-corrected chi connectivity index (χ4v) is 3.44. The van der Waals surface area contributed by atoms with Crippen molar-refractivity contribution >= 4 is 17.9 Å². The van der Waals surface area contributed by atoms with Gasteiger partial charge in [0.25, 0.3) is 0 Å². The lowest BCUT2D eigenvalue weighted by Crippen LogP contribution is -2.41. The summed E-state index contributed by atoms with van der Waals surface area (Å²) in [7, 11) is 0. The highest BCUT2D eigenvalue weighted by Gasteiger charge is 2.32. The molecular formula is C20H26FN5O2. The summed E-state index contributed by atoms with van der Waals surface area (Å²) in [6.07, 6.45) is 3.56. The van der Waals surface area contributed by atoms with Crippen molar-refractivity contribution in [3.05, 3.63) is 54.1 Å². The summed E-state index contributed by atoms with van der Waals surface area (Å²) in [5, 5.41) is 6.53. The molecule has 1 atom stereocenters. The quantitative estimate of drug-likeness (QED) is 0.447. The van der Waals surface area contributed by atoms with Gasteiger partial charge in [-0.1, -0.05) is 18.2 Å². The first-order valence-corrected chi connectivity index (χ1v) is 9.43. The second-order valence-electron chi connectivity index (χ2n) is 6.56. The molecule has 0 radical (unpaired) electrons. The number of ether oxygens (including phenoxy) is 1. The second kappa shape index (κ2) is 9.36. The Morgan fingerprint density at radius 3 is 2.82 bits per heavy atom. The van der Waals surface area contributed by atoms with Crippen LogP contribution in [0.25, 0.3) is 0 Å². The highest BCUT2D eigenvalue weighted by molar-refractivity contribution is 5.90. The number of morpholine rings is 1. The minimum absolute atomic E-state index is 0.102. The van der Waals surface area contributed by atoms with E-state index < -0.39 is 11.8 Å². The Labute approximate surface area is 164 Å². The minimum atomic E-state index is -0.602. The lowest BCUT2D eigenvalue weighted by Gasteiger charge is -2.35. The van der Waals surface area contributed by atoms with Crippen LogP contribution in [0.3, 0.4) is 0 Å². The summed E-state index contributed by atoms with van der Waals surface area (Å²) in [6, 6.07) is 5.38. The smallest absolute Gasteiger partial charge is 0.339 e. The van der Waals surface area contributed by atoms with Crippen LogP contribution in [0.5, 0.6) is 0 Å². The van der Waals surface area contributed by atoms with Crippen LogP contribution in [0.15, 0.2) is 53.4 Å². The first-order chi connectivity index (χ1) is 13.6. The number of carbonyl (C=O) groups excluding carboxylic acids is 1. The van der Waals surface area contributed by atoms with E-state index in [2.05, 4.69) is 39.1 Å². The zero-order valence-corrected chi connectivity index (χ0v) is 16.0. The number of nitrogens with zero attached hydrogens (tertiary/aromatic N) is 3. The van der Waals surface area contributed by atoms with Gasteiger partial charge in [-0.15, -0.1) is 6.58 Å². The molecule has 8 heteroatoms. The van der Waals surface area contributed by atoms with Crippen molar-refractivity contribution in [3.63, 3.8) is 0 Å². The molecule has 1 aromatic rings. The van der Waals surface area contributed by atoms with E-state index in [1.807, 2.05) is 6.08 Å². The third-order valence-electron chi connectivity index (χ3n) is 4.84. The van der Waals surface area contributed by atoms with Gasteiger partial charge >= 0.3 is 6.03 Å². The van der Waals surface area contributed by atoms with Crippen LogP contribution in [0.2, 0.25) is 0 Å². The average Bonchev–Trinajstić information content (AvgIpc) is 3.08. The summed E-state index contributed by atoms with van der Waals surface area (Å²) in [5.41, 5.74) is 3.52. The molecule has 3 rings (SSSR count). The van der Waals surface area contributed by atoms with Crippen LogP contribution in [0.4, 0.5) is 14.9 Å². The summed E-state index contributed by atoms with van der Waals surface area (Å²) < 4.78 is 19.1. The topological polar surface area (TPSA) is 69.2 Å². The molecule has 1 aromatic carbocycles. The normalized spacial score (nSPS) is 20.0. The standard InChI is InChI=1S/C20H26FN5O2/c1-3-15-14-25(4-2)19(26-9-11-28-12-10-26)16(15)13-22-24-20(27)23-18-8-6-5-7-17(18)21/h3,5-8,13,15H,1,4,9-12,14H2,2H3,(H2,23,24,27)/b22-13+. The zero-order valence-electron chi connectivity index (χ0n) is 16.0. The molecule has 7 nitrogen and oxygen atoms in total. The van der Waals surface area contributed by atoms with E-state index >= 15 is 0 Å². The predicted octanol–water partition coefficient (Wildman–Crippen LogP) is 2.61. The third kappa shape index (κ3) is 4.51. The van der Waals surface area contributed by atoms with Gasteiger partial charge < -0.3 is 19.9 Å². The Morgan fingerprint density at radius 2 is 2.14 bits per heavy atom. The first kappa shape index (κ1) is 19.9. The van der Waals surface area contributed by atoms with Gasteiger partial charge in [-0.3, -0.25) is 0 Å². The molecule has 0 aromatic heterocycles. The molecule has 0 saturated carbocycles. The third-order valence-corrected chi connectivity index (χ3v) is 4.84. The van der Waals surface area contributed by atoms with Crippen molar-refractivity contribution in [1.29, 1.82) is 0 Å². The highest BCUT2D eigenvalue weighted by atomic mass is 19.1. The summed E-state index contributed by atoms with van der Waals surface area (Å²) in [5.74, 6) is 0.730. The maximum absolute atomic E-state index is 13.6. The summed E-state index contributed by atoms with van der Waals surface area (Å²) in [4.78, 5) is 16.6. The van der Waals surface area contributed by atoms with Crippen LogP contribution in [0.1, 0.15) is 6.92 Å². The van der Waals surface area contributed by atoms with Gasteiger partial charge in [-0.25, -0.2) is 14.6 Å².